The predicted octanol–water partition coefficient (Wildman–Crippen LogP) is 4.53. The van der Waals surface area contributed by atoms with Gasteiger partial charge in [0, 0.05) is 41.0 Å². The number of benzene rings is 2. The molecule has 0 aliphatic carbocycles. The molecule has 0 fully saturated rings. The standard InChI is InChI=1S/C20H16N2O/c23-16-6-7-18-17(13-16)20(15-8-10-21-11-9-15)19(22-18)12-14-4-2-1-3-5-14/h1-11,13,22-23H,12H2. The zero-order valence-electron chi connectivity index (χ0n) is 12.5. The largest absolute Gasteiger partial charge is 0.508 e. The number of hydrogen-bond donors (Lipinski definition) is 2. The topological polar surface area (TPSA) is 48.9 Å². The molecule has 2 N–H and O–H groups in total. The summed E-state index contributed by atoms with van der Waals surface area (Å²) in [5, 5.41) is 10.9. The van der Waals surface area contributed by atoms with Gasteiger partial charge in [-0.3, -0.25) is 4.98 Å². The van der Waals surface area contributed by atoms with Gasteiger partial charge >= 0.3 is 0 Å². The number of aromatic hydroxyl groups is 1. The summed E-state index contributed by atoms with van der Waals surface area (Å²) in [5.74, 6) is 0.276. The lowest BCUT2D eigenvalue weighted by Crippen LogP contribution is -1.91. The molecule has 0 bridgehead atoms. The molecule has 3 heteroatoms. The van der Waals surface area contributed by atoms with Crippen molar-refractivity contribution < 1.29 is 5.11 Å². The Bertz CT molecular complexity index is 943. The Labute approximate surface area is 134 Å². The fourth-order valence-corrected chi connectivity index (χ4v) is 3.02. The van der Waals surface area contributed by atoms with Crippen molar-refractivity contribution >= 4 is 10.9 Å². The first-order valence-electron chi connectivity index (χ1n) is 7.59. The maximum absolute atomic E-state index is 9.87. The van der Waals surface area contributed by atoms with Crippen LogP contribution in [0.5, 0.6) is 5.75 Å². The van der Waals surface area contributed by atoms with Gasteiger partial charge in [-0.05, 0) is 41.5 Å². The summed E-state index contributed by atoms with van der Waals surface area (Å²) in [7, 11) is 0. The van der Waals surface area contributed by atoms with Gasteiger partial charge in [-0.2, -0.15) is 0 Å². The molecule has 0 saturated heterocycles. The van der Waals surface area contributed by atoms with E-state index in [9.17, 15) is 5.11 Å². The zero-order chi connectivity index (χ0) is 15.6. The molecule has 4 aromatic rings. The number of pyridine rings is 1. The van der Waals surface area contributed by atoms with Crippen molar-refractivity contribution in [1.29, 1.82) is 0 Å². The van der Waals surface area contributed by atoms with Crippen LogP contribution in [0.1, 0.15) is 11.3 Å². The van der Waals surface area contributed by atoms with Crippen molar-refractivity contribution in [3.05, 3.63) is 84.3 Å². The minimum absolute atomic E-state index is 0.276. The zero-order valence-corrected chi connectivity index (χ0v) is 12.5. The van der Waals surface area contributed by atoms with Gasteiger partial charge in [-0.25, -0.2) is 0 Å². The molecule has 0 unspecified atom stereocenters. The van der Waals surface area contributed by atoms with E-state index in [0.717, 1.165) is 34.1 Å². The third-order valence-electron chi connectivity index (χ3n) is 4.05. The Hall–Kier alpha value is -3.07. The van der Waals surface area contributed by atoms with Crippen molar-refractivity contribution in [2.45, 2.75) is 6.42 Å². The van der Waals surface area contributed by atoms with Crippen LogP contribution in [0.25, 0.3) is 22.0 Å². The number of H-pyrrole nitrogens is 1. The van der Waals surface area contributed by atoms with E-state index >= 15 is 0 Å². The van der Waals surface area contributed by atoms with E-state index < -0.39 is 0 Å². The third kappa shape index (κ3) is 2.57. The van der Waals surface area contributed by atoms with Crippen LogP contribution in [0.15, 0.2) is 73.1 Å². The lowest BCUT2D eigenvalue weighted by Gasteiger charge is -2.06. The summed E-state index contributed by atoms with van der Waals surface area (Å²) < 4.78 is 0. The second-order valence-corrected chi connectivity index (χ2v) is 5.61. The van der Waals surface area contributed by atoms with Crippen LogP contribution in [0.3, 0.4) is 0 Å². The van der Waals surface area contributed by atoms with Crippen molar-refractivity contribution in [3.63, 3.8) is 0 Å². The van der Waals surface area contributed by atoms with Gasteiger partial charge in [-0.1, -0.05) is 30.3 Å². The number of aromatic amines is 1. The van der Waals surface area contributed by atoms with E-state index in [0.29, 0.717) is 0 Å². The Kier molecular flexibility index (Phi) is 3.31. The molecule has 23 heavy (non-hydrogen) atoms. The Balaban J connectivity index is 1.92. The summed E-state index contributed by atoms with van der Waals surface area (Å²) in [6.07, 6.45) is 4.40. The molecule has 2 aromatic heterocycles. The van der Waals surface area contributed by atoms with Crippen LogP contribution >= 0.6 is 0 Å². The minimum atomic E-state index is 0.276. The molecular weight excluding hydrogens is 284 g/mol. The average Bonchev–Trinajstić information content (AvgIpc) is 2.93. The molecule has 0 radical (unpaired) electrons. The van der Waals surface area contributed by atoms with Gasteiger partial charge in [0.05, 0.1) is 0 Å². The maximum atomic E-state index is 9.87. The molecule has 0 aliphatic rings. The molecule has 112 valence electrons. The highest BCUT2D eigenvalue weighted by Gasteiger charge is 2.14. The van der Waals surface area contributed by atoms with Crippen LogP contribution in [0, 0.1) is 0 Å². The van der Waals surface area contributed by atoms with Crippen LogP contribution in [0.4, 0.5) is 0 Å². The number of rotatable bonds is 3. The monoisotopic (exact) mass is 300 g/mol. The number of phenolic OH excluding ortho intramolecular Hbond substituents is 1. The molecule has 0 spiro atoms. The summed E-state index contributed by atoms with van der Waals surface area (Å²) in [6, 6.07) is 19.8. The van der Waals surface area contributed by atoms with E-state index in [4.69, 9.17) is 0 Å². The van der Waals surface area contributed by atoms with E-state index in [1.807, 2.05) is 30.3 Å². The van der Waals surface area contributed by atoms with E-state index in [-0.39, 0.29) is 5.75 Å². The number of aromatic nitrogens is 2. The van der Waals surface area contributed by atoms with Gasteiger partial charge < -0.3 is 10.1 Å². The van der Waals surface area contributed by atoms with E-state index in [1.165, 1.54) is 5.56 Å². The van der Waals surface area contributed by atoms with Gasteiger partial charge in [0.2, 0.25) is 0 Å². The molecule has 2 aromatic carbocycles. The smallest absolute Gasteiger partial charge is 0.116 e. The highest BCUT2D eigenvalue weighted by Crippen LogP contribution is 2.35. The molecule has 3 nitrogen and oxygen atoms in total. The normalized spacial score (nSPS) is 11.0. The molecule has 0 amide bonds. The molecule has 0 atom stereocenters. The van der Waals surface area contributed by atoms with Gasteiger partial charge in [-0.15, -0.1) is 0 Å². The van der Waals surface area contributed by atoms with Crippen molar-refractivity contribution in [2.24, 2.45) is 0 Å². The lowest BCUT2D eigenvalue weighted by molar-refractivity contribution is 0.476. The van der Waals surface area contributed by atoms with Crippen LogP contribution < -0.4 is 0 Å². The van der Waals surface area contributed by atoms with Crippen molar-refractivity contribution in [1.82, 2.24) is 9.97 Å². The molecular formula is C20H16N2O. The minimum Gasteiger partial charge on any atom is -0.508 e. The van der Waals surface area contributed by atoms with Crippen molar-refractivity contribution in [3.8, 4) is 16.9 Å². The summed E-state index contributed by atoms with van der Waals surface area (Å²) in [6.45, 7) is 0. The van der Waals surface area contributed by atoms with E-state index in [1.54, 1.807) is 18.5 Å². The molecule has 4 rings (SSSR count). The van der Waals surface area contributed by atoms with Crippen molar-refractivity contribution in [2.75, 3.05) is 0 Å². The van der Waals surface area contributed by atoms with Gasteiger partial charge in [0.15, 0.2) is 0 Å². The quantitative estimate of drug-likeness (QED) is 0.584. The number of hydrogen-bond acceptors (Lipinski definition) is 2. The number of nitrogens with zero attached hydrogens (tertiary/aromatic N) is 1. The average molecular weight is 300 g/mol. The third-order valence-corrected chi connectivity index (χ3v) is 4.05. The molecule has 0 aliphatic heterocycles. The highest BCUT2D eigenvalue weighted by atomic mass is 16.3. The first-order valence-corrected chi connectivity index (χ1v) is 7.59. The Morgan fingerprint density at radius 1 is 0.913 bits per heavy atom. The first-order chi connectivity index (χ1) is 11.3. The highest BCUT2D eigenvalue weighted by molar-refractivity contribution is 5.98. The molecule has 2 heterocycles. The lowest BCUT2D eigenvalue weighted by atomic mass is 9.99. The summed E-state index contributed by atoms with van der Waals surface area (Å²) in [5.41, 5.74) is 5.65. The van der Waals surface area contributed by atoms with Crippen LogP contribution in [0.2, 0.25) is 0 Å². The summed E-state index contributed by atoms with van der Waals surface area (Å²) in [4.78, 5) is 7.61. The van der Waals surface area contributed by atoms with Gasteiger partial charge in [0.1, 0.15) is 5.75 Å². The van der Waals surface area contributed by atoms with Crippen LogP contribution in [-0.2, 0) is 6.42 Å². The fraction of sp³-hybridized carbons (Fsp3) is 0.0500. The SMILES string of the molecule is Oc1ccc2[nH]c(Cc3ccccc3)c(-c3ccncc3)c2c1. The Morgan fingerprint density at radius 3 is 2.48 bits per heavy atom. The van der Waals surface area contributed by atoms with E-state index in [2.05, 4.69) is 34.2 Å². The number of nitrogens with one attached hydrogen (secondary N) is 1. The molecule has 0 saturated carbocycles. The number of fused-ring (bicyclic) bond motifs is 1. The second kappa shape index (κ2) is 5.61. The van der Waals surface area contributed by atoms with Gasteiger partial charge in [0.25, 0.3) is 0 Å². The maximum Gasteiger partial charge on any atom is 0.116 e. The number of phenols is 1. The van der Waals surface area contributed by atoms with Crippen LogP contribution in [-0.4, -0.2) is 15.1 Å². The Morgan fingerprint density at radius 2 is 1.70 bits per heavy atom. The summed E-state index contributed by atoms with van der Waals surface area (Å²) >= 11 is 0. The fourth-order valence-electron chi connectivity index (χ4n) is 3.02. The second-order valence-electron chi connectivity index (χ2n) is 5.61. The predicted molar refractivity (Wildman–Crippen MR) is 92.4 cm³/mol. The first kappa shape index (κ1) is 13.6.